The van der Waals surface area contributed by atoms with E-state index < -0.39 is 0 Å². The Balaban J connectivity index is 1.58. The third-order valence-corrected chi connectivity index (χ3v) is 6.07. The van der Waals surface area contributed by atoms with Crippen molar-refractivity contribution in [2.24, 2.45) is 0 Å². The summed E-state index contributed by atoms with van der Waals surface area (Å²) in [5.74, 6) is 0.681. The topological polar surface area (TPSA) is 46.3 Å². The zero-order chi connectivity index (χ0) is 17.1. The van der Waals surface area contributed by atoms with E-state index in [1.54, 1.807) is 33.8 Å². The van der Waals surface area contributed by atoms with E-state index in [9.17, 15) is 4.79 Å². The molecule has 1 amide bonds. The number of amides is 1. The molecule has 4 aromatic rings. The third-order valence-electron chi connectivity index (χ3n) is 3.63. The van der Waals surface area contributed by atoms with Crippen LogP contribution in [0.1, 0.15) is 21.1 Å². The molecule has 25 heavy (non-hydrogen) atoms. The second-order valence-corrected chi connectivity index (χ2v) is 8.04. The standard InChI is InChI=1S/C18H14N2O2S3/c21-18(16-12-25-17(19-16)13-5-8-23-11-13)20(9-14-3-1-6-22-14)10-15-4-2-7-24-15/h1-8,11-12H,9-10H2. The molecule has 0 spiro atoms. The molecule has 0 saturated carbocycles. The first kappa shape index (κ1) is 16.3. The van der Waals surface area contributed by atoms with Crippen molar-refractivity contribution in [2.45, 2.75) is 13.1 Å². The van der Waals surface area contributed by atoms with Crippen molar-refractivity contribution in [1.29, 1.82) is 0 Å². The van der Waals surface area contributed by atoms with Gasteiger partial charge in [-0.3, -0.25) is 4.79 Å². The van der Waals surface area contributed by atoms with Gasteiger partial charge >= 0.3 is 0 Å². The molecule has 0 aromatic carbocycles. The van der Waals surface area contributed by atoms with Gasteiger partial charge in [0.2, 0.25) is 0 Å². The fraction of sp³-hybridized carbons (Fsp3) is 0.111. The maximum Gasteiger partial charge on any atom is 0.274 e. The second-order valence-electron chi connectivity index (χ2n) is 5.37. The molecule has 0 bridgehead atoms. The van der Waals surface area contributed by atoms with Crippen LogP contribution in [0.15, 0.2) is 62.5 Å². The van der Waals surface area contributed by atoms with Crippen molar-refractivity contribution in [3.8, 4) is 10.6 Å². The number of carbonyl (C=O) groups excluding carboxylic acids is 1. The van der Waals surface area contributed by atoms with Crippen LogP contribution in [0.5, 0.6) is 0 Å². The van der Waals surface area contributed by atoms with E-state index in [0.29, 0.717) is 18.8 Å². The van der Waals surface area contributed by atoms with Gasteiger partial charge in [0.25, 0.3) is 5.91 Å². The van der Waals surface area contributed by atoms with Crippen LogP contribution in [0.3, 0.4) is 0 Å². The smallest absolute Gasteiger partial charge is 0.274 e. The molecule has 0 atom stereocenters. The molecule has 0 fully saturated rings. The Morgan fingerprint density at radius 2 is 2.04 bits per heavy atom. The summed E-state index contributed by atoms with van der Waals surface area (Å²) in [5.41, 5.74) is 1.54. The van der Waals surface area contributed by atoms with E-state index in [1.807, 2.05) is 51.9 Å². The largest absolute Gasteiger partial charge is 0.467 e. The van der Waals surface area contributed by atoms with Gasteiger partial charge in [-0.15, -0.1) is 22.7 Å². The number of hydrogen-bond acceptors (Lipinski definition) is 6. The number of thiazole rings is 1. The maximum absolute atomic E-state index is 13.0. The Bertz CT molecular complexity index is 889. The van der Waals surface area contributed by atoms with Crippen LogP contribution in [-0.4, -0.2) is 15.8 Å². The molecular weight excluding hydrogens is 372 g/mol. The molecule has 4 nitrogen and oxygen atoms in total. The SMILES string of the molecule is O=C(c1csc(-c2ccsc2)n1)N(Cc1ccco1)Cc1cccs1. The zero-order valence-electron chi connectivity index (χ0n) is 13.1. The van der Waals surface area contributed by atoms with Crippen LogP contribution in [0.25, 0.3) is 10.6 Å². The minimum Gasteiger partial charge on any atom is -0.467 e. The molecule has 0 unspecified atom stereocenters. The Kier molecular flexibility index (Phi) is 4.78. The van der Waals surface area contributed by atoms with Crippen LogP contribution in [0.4, 0.5) is 0 Å². The quantitative estimate of drug-likeness (QED) is 0.448. The van der Waals surface area contributed by atoms with Crippen molar-refractivity contribution >= 4 is 39.9 Å². The lowest BCUT2D eigenvalue weighted by Crippen LogP contribution is -2.30. The van der Waals surface area contributed by atoms with Crippen LogP contribution in [-0.2, 0) is 13.1 Å². The lowest BCUT2D eigenvalue weighted by molar-refractivity contribution is 0.0714. The highest BCUT2D eigenvalue weighted by molar-refractivity contribution is 7.14. The van der Waals surface area contributed by atoms with Crippen molar-refractivity contribution in [3.63, 3.8) is 0 Å². The average molecular weight is 387 g/mol. The minimum atomic E-state index is -0.0810. The predicted octanol–water partition coefficient (Wildman–Crippen LogP) is 5.37. The summed E-state index contributed by atoms with van der Waals surface area (Å²) in [7, 11) is 0. The highest BCUT2D eigenvalue weighted by Crippen LogP contribution is 2.27. The van der Waals surface area contributed by atoms with E-state index in [2.05, 4.69) is 4.98 Å². The van der Waals surface area contributed by atoms with Crippen LogP contribution in [0.2, 0.25) is 0 Å². The summed E-state index contributed by atoms with van der Waals surface area (Å²) in [4.78, 5) is 20.5. The van der Waals surface area contributed by atoms with Gasteiger partial charge in [0.1, 0.15) is 16.5 Å². The number of hydrogen-bond donors (Lipinski definition) is 0. The lowest BCUT2D eigenvalue weighted by Gasteiger charge is -2.20. The first-order chi connectivity index (χ1) is 12.3. The molecule has 0 aliphatic heterocycles. The van der Waals surface area contributed by atoms with Crippen molar-refractivity contribution in [2.75, 3.05) is 0 Å². The normalized spacial score (nSPS) is 10.9. The number of carbonyl (C=O) groups is 1. The van der Waals surface area contributed by atoms with Crippen LogP contribution in [0, 0.1) is 0 Å². The summed E-state index contributed by atoms with van der Waals surface area (Å²) < 4.78 is 5.43. The number of aromatic nitrogens is 1. The number of furan rings is 1. The van der Waals surface area contributed by atoms with Gasteiger partial charge in [-0.25, -0.2) is 4.98 Å². The van der Waals surface area contributed by atoms with E-state index >= 15 is 0 Å². The van der Waals surface area contributed by atoms with E-state index in [1.165, 1.54) is 11.3 Å². The van der Waals surface area contributed by atoms with Gasteiger partial charge < -0.3 is 9.32 Å². The molecule has 4 aromatic heterocycles. The third kappa shape index (κ3) is 3.73. The Hall–Kier alpha value is -2.22. The minimum absolute atomic E-state index is 0.0810. The molecule has 4 rings (SSSR count). The summed E-state index contributed by atoms with van der Waals surface area (Å²) in [5, 5.41) is 8.78. The fourth-order valence-electron chi connectivity index (χ4n) is 2.43. The van der Waals surface area contributed by atoms with E-state index in [0.717, 1.165) is 21.2 Å². The molecular formula is C18H14N2O2S3. The highest BCUT2D eigenvalue weighted by atomic mass is 32.1. The maximum atomic E-state index is 13.0. The van der Waals surface area contributed by atoms with Gasteiger partial charge in [0, 0.05) is 21.2 Å². The number of rotatable bonds is 6. The van der Waals surface area contributed by atoms with Gasteiger partial charge in [0.15, 0.2) is 0 Å². The average Bonchev–Trinajstić information content (AvgIpc) is 3.41. The molecule has 4 heterocycles. The molecule has 0 aliphatic carbocycles. The highest BCUT2D eigenvalue weighted by Gasteiger charge is 2.21. The Morgan fingerprint density at radius 3 is 2.76 bits per heavy atom. The molecule has 0 saturated heterocycles. The van der Waals surface area contributed by atoms with E-state index in [4.69, 9.17) is 4.42 Å². The number of nitrogens with zero attached hydrogens (tertiary/aromatic N) is 2. The lowest BCUT2D eigenvalue weighted by atomic mass is 10.3. The summed E-state index contributed by atoms with van der Waals surface area (Å²) in [6, 6.07) is 9.76. The van der Waals surface area contributed by atoms with Crippen LogP contribution < -0.4 is 0 Å². The summed E-state index contributed by atoms with van der Waals surface area (Å²) in [6.45, 7) is 0.970. The first-order valence-corrected chi connectivity index (χ1v) is 10.3. The molecule has 126 valence electrons. The van der Waals surface area contributed by atoms with Crippen molar-refractivity contribution in [1.82, 2.24) is 9.88 Å². The van der Waals surface area contributed by atoms with Crippen LogP contribution >= 0.6 is 34.0 Å². The van der Waals surface area contributed by atoms with Crippen molar-refractivity contribution < 1.29 is 9.21 Å². The summed E-state index contributed by atoms with van der Waals surface area (Å²) >= 11 is 4.76. The van der Waals surface area contributed by atoms with Gasteiger partial charge in [-0.2, -0.15) is 11.3 Å². The molecule has 0 radical (unpaired) electrons. The summed E-state index contributed by atoms with van der Waals surface area (Å²) in [6.07, 6.45) is 1.63. The first-order valence-electron chi connectivity index (χ1n) is 7.62. The van der Waals surface area contributed by atoms with Gasteiger partial charge in [-0.1, -0.05) is 6.07 Å². The molecule has 0 aliphatic rings. The van der Waals surface area contributed by atoms with Gasteiger partial charge in [-0.05, 0) is 35.0 Å². The van der Waals surface area contributed by atoms with E-state index in [-0.39, 0.29) is 5.91 Å². The molecule has 7 heteroatoms. The second kappa shape index (κ2) is 7.35. The molecule has 0 N–H and O–H groups in total. The monoisotopic (exact) mass is 386 g/mol. The number of thiophene rings is 2. The Labute approximate surface area is 157 Å². The zero-order valence-corrected chi connectivity index (χ0v) is 15.6. The van der Waals surface area contributed by atoms with Gasteiger partial charge in [0.05, 0.1) is 19.4 Å². The fourth-order valence-corrected chi connectivity index (χ4v) is 4.66. The Morgan fingerprint density at radius 1 is 1.08 bits per heavy atom. The van der Waals surface area contributed by atoms with Crippen molar-refractivity contribution in [3.05, 3.63) is 74.4 Å². The predicted molar refractivity (Wildman–Crippen MR) is 102 cm³/mol.